The first-order valence-electron chi connectivity index (χ1n) is 5.30. The molecule has 3 heterocycles. The van der Waals surface area contributed by atoms with Gasteiger partial charge in [0.05, 0.1) is 10.3 Å². The first-order valence-corrected chi connectivity index (χ1v) is 6.18. The second-order valence-electron chi connectivity index (χ2n) is 3.99. The van der Waals surface area contributed by atoms with Gasteiger partial charge in [-0.1, -0.05) is 6.07 Å². The van der Waals surface area contributed by atoms with Gasteiger partial charge in [0.25, 0.3) is 5.56 Å². The van der Waals surface area contributed by atoms with Crippen molar-refractivity contribution in [3.63, 3.8) is 0 Å². The lowest BCUT2D eigenvalue weighted by Crippen LogP contribution is -2.08. The molecule has 0 radical (unpaired) electrons. The smallest absolute Gasteiger partial charge is 0.260 e. The number of fused-ring (bicyclic) bond motifs is 1. The molecule has 3 aromatic heterocycles. The summed E-state index contributed by atoms with van der Waals surface area (Å²) < 4.78 is 0. The summed E-state index contributed by atoms with van der Waals surface area (Å²) >= 11 is 1.56. The Morgan fingerprint density at radius 1 is 1.29 bits per heavy atom. The predicted molar refractivity (Wildman–Crippen MR) is 69.5 cm³/mol. The summed E-state index contributed by atoms with van der Waals surface area (Å²) in [5.41, 5.74) is 2.53. The van der Waals surface area contributed by atoms with Crippen LogP contribution < -0.4 is 5.56 Å². The molecule has 4 nitrogen and oxygen atoms in total. The highest BCUT2D eigenvalue weighted by Crippen LogP contribution is 2.22. The van der Waals surface area contributed by atoms with E-state index in [1.807, 2.05) is 31.4 Å². The lowest BCUT2D eigenvalue weighted by molar-refractivity contribution is 1.17. The van der Waals surface area contributed by atoms with Crippen molar-refractivity contribution in [3.05, 3.63) is 39.1 Å². The number of aromatic amines is 2. The number of thiophene rings is 1. The van der Waals surface area contributed by atoms with E-state index in [2.05, 4.69) is 15.0 Å². The third-order valence-corrected chi connectivity index (χ3v) is 3.79. The number of H-pyrrole nitrogens is 2. The molecule has 5 heteroatoms. The highest BCUT2D eigenvalue weighted by atomic mass is 32.1. The maximum absolute atomic E-state index is 12.0. The molecule has 0 aromatic carbocycles. The maximum atomic E-state index is 12.0. The van der Waals surface area contributed by atoms with Gasteiger partial charge >= 0.3 is 0 Å². The van der Waals surface area contributed by atoms with E-state index in [0.29, 0.717) is 16.9 Å². The van der Waals surface area contributed by atoms with Crippen molar-refractivity contribution in [3.8, 4) is 10.7 Å². The first kappa shape index (κ1) is 10.3. The molecule has 0 bridgehead atoms. The minimum absolute atomic E-state index is 0.0831. The molecule has 3 aromatic rings. The predicted octanol–water partition coefficient (Wildman–Crippen LogP) is 2.60. The number of aryl methyl sites for hydroxylation is 2. The molecule has 0 unspecified atom stereocenters. The molecule has 0 spiro atoms. The Kier molecular flexibility index (Phi) is 2.16. The molecule has 0 aliphatic heterocycles. The van der Waals surface area contributed by atoms with Crippen molar-refractivity contribution in [1.29, 1.82) is 0 Å². The standard InChI is InChI=1S/C12H11N3OS/c1-6-7(2)13-11-9(6)12(16)15-10(14-11)8-4-3-5-17-8/h3-5H,1-2H3,(H2,13,14,15,16). The third-order valence-electron chi connectivity index (χ3n) is 2.92. The maximum Gasteiger partial charge on any atom is 0.260 e. The van der Waals surface area contributed by atoms with E-state index >= 15 is 0 Å². The number of nitrogens with zero attached hydrogens (tertiary/aromatic N) is 1. The van der Waals surface area contributed by atoms with Gasteiger partial charge in [0.2, 0.25) is 0 Å². The summed E-state index contributed by atoms with van der Waals surface area (Å²) in [6.07, 6.45) is 0. The largest absolute Gasteiger partial charge is 0.343 e. The number of nitrogens with one attached hydrogen (secondary N) is 2. The van der Waals surface area contributed by atoms with Gasteiger partial charge in [0, 0.05) is 5.69 Å². The van der Waals surface area contributed by atoms with Gasteiger partial charge in [0.15, 0.2) is 5.82 Å². The molecule has 2 N–H and O–H groups in total. The van der Waals surface area contributed by atoms with Gasteiger partial charge in [-0.15, -0.1) is 11.3 Å². The van der Waals surface area contributed by atoms with Gasteiger partial charge < -0.3 is 9.97 Å². The Bertz CT molecular complexity index is 737. The van der Waals surface area contributed by atoms with Gasteiger partial charge in [-0.3, -0.25) is 4.79 Å². The molecule has 0 amide bonds. The van der Waals surface area contributed by atoms with Crippen molar-refractivity contribution in [2.75, 3.05) is 0 Å². The minimum Gasteiger partial charge on any atom is -0.343 e. The molecular formula is C12H11N3OS. The molecule has 0 fully saturated rings. The van der Waals surface area contributed by atoms with Crippen LogP contribution in [-0.2, 0) is 0 Å². The number of rotatable bonds is 1. The first-order chi connectivity index (χ1) is 8.16. The van der Waals surface area contributed by atoms with Crippen molar-refractivity contribution < 1.29 is 0 Å². The highest BCUT2D eigenvalue weighted by molar-refractivity contribution is 7.13. The van der Waals surface area contributed by atoms with Crippen molar-refractivity contribution in [2.45, 2.75) is 13.8 Å². The molecule has 3 rings (SSSR count). The SMILES string of the molecule is Cc1[nH]c2nc(-c3cccs3)[nH]c(=O)c2c1C. The van der Waals surface area contributed by atoms with Crippen molar-refractivity contribution >= 4 is 22.4 Å². The zero-order chi connectivity index (χ0) is 12.0. The zero-order valence-corrected chi connectivity index (χ0v) is 10.3. The van der Waals surface area contributed by atoms with E-state index in [0.717, 1.165) is 16.1 Å². The summed E-state index contributed by atoms with van der Waals surface area (Å²) in [6.45, 7) is 3.87. The summed E-state index contributed by atoms with van der Waals surface area (Å²) in [5, 5.41) is 2.62. The third kappa shape index (κ3) is 1.51. The monoisotopic (exact) mass is 245 g/mol. The van der Waals surface area contributed by atoms with Crippen LogP contribution in [0.1, 0.15) is 11.3 Å². The molecule has 17 heavy (non-hydrogen) atoms. The molecule has 0 saturated heterocycles. The lowest BCUT2D eigenvalue weighted by atomic mass is 10.2. The Hall–Kier alpha value is -1.88. The van der Waals surface area contributed by atoms with Crippen LogP contribution in [0.2, 0.25) is 0 Å². The summed E-state index contributed by atoms with van der Waals surface area (Å²) in [7, 11) is 0. The van der Waals surface area contributed by atoms with Crippen LogP contribution in [-0.4, -0.2) is 15.0 Å². The minimum atomic E-state index is -0.0831. The Morgan fingerprint density at radius 2 is 2.12 bits per heavy atom. The van der Waals surface area contributed by atoms with Crippen LogP contribution in [0.3, 0.4) is 0 Å². The van der Waals surface area contributed by atoms with Crippen LogP contribution in [0, 0.1) is 13.8 Å². The quantitative estimate of drug-likeness (QED) is 0.692. The average molecular weight is 245 g/mol. The van der Waals surface area contributed by atoms with E-state index in [9.17, 15) is 4.79 Å². The fourth-order valence-corrected chi connectivity index (χ4v) is 2.57. The van der Waals surface area contributed by atoms with Crippen molar-refractivity contribution in [1.82, 2.24) is 15.0 Å². The van der Waals surface area contributed by atoms with E-state index in [-0.39, 0.29) is 5.56 Å². The molecule has 0 aliphatic rings. The van der Waals surface area contributed by atoms with Gasteiger partial charge in [-0.25, -0.2) is 4.98 Å². The van der Waals surface area contributed by atoms with Crippen LogP contribution in [0.15, 0.2) is 22.3 Å². The average Bonchev–Trinajstić information content (AvgIpc) is 2.88. The van der Waals surface area contributed by atoms with Crippen LogP contribution >= 0.6 is 11.3 Å². The second kappa shape index (κ2) is 3.56. The normalized spacial score (nSPS) is 11.2. The Morgan fingerprint density at radius 3 is 2.82 bits per heavy atom. The number of aromatic nitrogens is 3. The second-order valence-corrected chi connectivity index (χ2v) is 4.94. The fourth-order valence-electron chi connectivity index (χ4n) is 1.90. The lowest BCUT2D eigenvalue weighted by Gasteiger charge is -1.97. The molecule has 0 saturated carbocycles. The molecular weight excluding hydrogens is 234 g/mol. The molecule has 0 atom stereocenters. The summed E-state index contributed by atoms with van der Waals surface area (Å²) in [6, 6.07) is 3.88. The van der Waals surface area contributed by atoms with E-state index in [1.165, 1.54) is 0 Å². The highest BCUT2D eigenvalue weighted by Gasteiger charge is 2.12. The number of hydrogen-bond acceptors (Lipinski definition) is 3. The molecule has 0 aliphatic carbocycles. The topological polar surface area (TPSA) is 61.5 Å². The van der Waals surface area contributed by atoms with Crippen molar-refractivity contribution in [2.24, 2.45) is 0 Å². The van der Waals surface area contributed by atoms with E-state index in [4.69, 9.17) is 0 Å². The van der Waals surface area contributed by atoms with E-state index in [1.54, 1.807) is 11.3 Å². The summed E-state index contributed by atoms with van der Waals surface area (Å²) in [5.74, 6) is 0.624. The Balaban J connectivity index is 2.36. The van der Waals surface area contributed by atoms with Crippen LogP contribution in [0.25, 0.3) is 21.7 Å². The zero-order valence-electron chi connectivity index (χ0n) is 9.50. The van der Waals surface area contributed by atoms with Gasteiger partial charge in [-0.05, 0) is 30.9 Å². The Labute approximate surface area is 101 Å². The van der Waals surface area contributed by atoms with Crippen LogP contribution in [0.5, 0.6) is 0 Å². The van der Waals surface area contributed by atoms with E-state index < -0.39 is 0 Å². The molecule has 86 valence electrons. The number of hydrogen-bond donors (Lipinski definition) is 2. The fraction of sp³-hybridized carbons (Fsp3) is 0.167. The van der Waals surface area contributed by atoms with Gasteiger partial charge in [0.1, 0.15) is 5.65 Å². The summed E-state index contributed by atoms with van der Waals surface area (Å²) in [4.78, 5) is 23.4. The van der Waals surface area contributed by atoms with Crippen LogP contribution in [0.4, 0.5) is 0 Å². The van der Waals surface area contributed by atoms with Gasteiger partial charge in [-0.2, -0.15) is 0 Å².